The molecule has 0 radical (unpaired) electrons. The summed E-state index contributed by atoms with van der Waals surface area (Å²) in [5, 5.41) is 17.2. The standard InChI is InChI=1S/C22H27FN2/c23-22(17-25)7-3-6-20-10-8-18(9-11-20)4-1-2-5-19-12-14-21(16-24)15-13-19/h7,12-15,18,20H,1-6,8-11H2/b22-7-. The predicted octanol–water partition coefficient (Wildman–Crippen LogP) is 6.23. The van der Waals surface area contributed by atoms with Crippen LogP contribution in [0, 0.1) is 34.5 Å². The van der Waals surface area contributed by atoms with Crippen LogP contribution in [0.2, 0.25) is 0 Å². The topological polar surface area (TPSA) is 47.6 Å². The number of hydrogen-bond donors (Lipinski definition) is 0. The molecule has 2 rings (SSSR count). The van der Waals surface area contributed by atoms with E-state index < -0.39 is 5.83 Å². The lowest BCUT2D eigenvalue weighted by Gasteiger charge is -2.28. The van der Waals surface area contributed by atoms with Crippen LogP contribution in [-0.2, 0) is 6.42 Å². The van der Waals surface area contributed by atoms with E-state index in [1.54, 1.807) is 0 Å². The van der Waals surface area contributed by atoms with Crippen molar-refractivity contribution >= 4 is 0 Å². The van der Waals surface area contributed by atoms with Crippen LogP contribution in [0.25, 0.3) is 0 Å². The molecule has 0 amide bonds. The molecule has 2 nitrogen and oxygen atoms in total. The monoisotopic (exact) mass is 338 g/mol. The molecule has 0 aromatic heterocycles. The Morgan fingerprint density at radius 2 is 1.64 bits per heavy atom. The van der Waals surface area contributed by atoms with Crippen molar-refractivity contribution in [1.82, 2.24) is 0 Å². The zero-order valence-electron chi connectivity index (χ0n) is 14.9. The predicted molar refractivity (Wildman–Crippen MR) is 98.2 cm³/mol. The quantitative estimate of drug-likeness (QED) is 0.416. The van der Waals surface area contributed by atoms with Crippen molar-refractivity contribution in [2.24, 2.45) is 11.8 Å². The lowest BCUT2D eigenvalue weighted by Crippen LogP contribution is -2.14. The van der Waals surface area contributed by atoms with Crippen LogP contribution >= 0.6 is 0 Å². The van der Waals surface area contributed by atoms with Crippen LogP contribution in [0.15, 0.2) is 36.2 Å². The lowest BCUT2D eigenvalue weighted by atomic mass is 9.78. The number of nitriles is 2. The van der Waals surface area contributed by atoms with Crippen LogP contribution in [0.4, 0.5) is 4.39 Å². The van der Waals surface area contributed by atoms with E-state index in [9.17, 15) is 4.39 Å². The summed E-state index contributed by atoms with van der Waals surface area (Å²) in [7, 11) is 0. The van der Waals surface area contributed by atoms with Crippen molar-refractivity contribution in [2.45, 2.75) is 64.2 Å². The van der Waals surface area contributed by atoms with E-state index in [4.69, 9.17) is 10.5 Å². The summed E-state index contributed by atoms with van der Waals surface area (Å²) in [6.45, 7) is 0. The van der Waals surface area contributed by atoms with Crippen molar-refractivity contribution in [3.05, 3.63) is 47.3 Å². The first kappa shape index (κ1) is 19.2. The molecule has 1 saturated carbocycles. The molecule has 0 bridgehead atoms. The fourth-order valence-corrected chi connectivity index (χ4v) is 3.81. The molecular weight excluding hydrogens is 311 g/mol. The van der Waals surface area contributed by atoms with Gasteiger partial charge in [-0.3, -0.25) is 0 Å². The van der Waals surface area contributed by atoms with E-state index in [0.717, 1.165) is 24.3 Å². The van der Waals surface area contributed by atoms with Gasteiger partial charge in [0.2, 0.25) is 0 Å². The Labute approximate surface area is 151 Å². The Hall–Kier alpha value is -2.13. The lowest BCUT2D eigenvalue weighted by molar-refractivity contribution is 0.250. The Kier molecular flexibility index (Phi) is 8.20. The summed E-state index contributed by atoms with van der Waals surface area (Å²) >= 11 is 0. The van der Waals surface area contributed by atoms with Gasteiger partial charge in [0.1, 0.15) is 6.07 Å². The van der Waals surface area contributed by atoms with Gasteiger partial charge in [0.15, 0.2) is 5.83 Å². The van der Waals surface area contributed by atoms with Gasteiger partial charge in [-0.15, -0.1) is 0 Å². The smallest absolute Gasteiger partial charge is 0.195 e. The van der Waals surface area contributed by atoms with Crippen LogP contribution < -0.4 is 0 Å². The molecule has 1 aliphatic carbocycles. The molecule has 0 spiro atoms. The maximum atomic E-state index is 12.8. The van der Waals surface area contributed by atoms with E-state index in [-0.39, 0.29) is 0 Å². The fourth-order valence-electron chi connectivity index (χ4n) is 3.81. The highest BCUT2D eigenvalue weighted by Gasteiger charge is 2.20. The van der Waals surface area contributed by atoms with Crippen LogP contribution in [0.1, 0.15) is 68.9 Å². The molecule has 0 N–H and O–H groups in total. The van der Waals surface area contributed by atoms with Gasteiger partial charge in [-0.2, -0.15) is 14.9 Å². The first-order chi connectivity index (χ1) is 12.2. The molecule has 0 heterocycles. The number of benzene rings is 1. The molecule has 1 fully saturated rings. The van der Waals surface area contributed by atoms with Gasteiger partial charge in [0.05, 0.1) is 11.6 Å². The Balaban J connectivity index is 1.56. The van der Waals surface area contributed by atoms with Gasteiger partial charge in [0.25, 0.3) is 0 Å². The molecule has 0 unspecified atom stereocenters. The molecule has 1 aliphatic rings. The summed E-state index contributed by atoms with van der Waals surface area (Å²) in [5.41, 5.74) is 2.05. The van der Waals surface area contributed by atoms with E-state index in [2.05, 4.69) is 18.2 Å². The van der Waals surface area contributed by atoms with Crippen molar-refractivity contribution in [2.75, 3.05) is 0 Å². The zero-order valence-corrected chi connectivity index (χ0v) is 14.9. The highest BCUT2D eigenvalue weighted by atomic mass is 19.1. The first-order valence-corrected chi connectivity index (χ1v) is 9.46. The summed E-state index contributed by atoms with van der Waals surface area (Å²) in [6.07, 6.45) is 13.1. The Morgan fingerprint density at radius 3 is 2.24 bits per heavy atom. The van der Waals surface area contributed by atoms with Gasteiger partial charge in [-0.05, 0) is 61.3 Å². The number of nitrogens with zero attached hydrogens (tertiary/aromatic N) is 2. The molecule has 1 aromatic rings. The minimum absolute atomic E-state index is 0.643. The van der Waals surface area contributed by atoms with Crippen molar-refractivity contribution in [3.63, 3.8) is 0 Å². The van der Waals surface area contributed by atoms with Crippen LogP contribution in [-0.4, -0.2) is 0 Å². The largest absolute Gasteiger partial charge is 0.196 e. The van der Waals surface area contributed by atoms with Gasteiger partial charge >= 0.3 is 0 Å². The number of hydrogen-bond acceptors (Lipinski definition) is 2. The molecule has 25 heavy (non-hydrogen) atoms. The normalized spacial score (nSPS) is 20.7. The molecule has 1 aromatic carbocycles. The second-order valence-electron chi connectivity index (χ2n) is 7.18. The highest BCUT2D eigenvalue weighted by molar-refractivity contribution is 5.31. The van der Waals surface area contributed by atoms with E-state index in [1.165, 1.54) is 62.7 Å². The maximum absolute atomic E-state index is 12.8. The van der Waals surface area contributed by atoms with Gasteiger partial charge in [-0.1, -0.05) is 50.7 Å². The average Bonchev–Trinajstić information content (AvgIpc) is 2.66. The summed E-state index contributed by atoms with van der Waals surface area (Å²) < 4.78 is 12.8. The summed E-state index contributed by atoms with van der Waals surface area (Å²) in [4.78, 5) is 0. The molecule has 0 saturated heterocycles. The SMILES string of the molecule is N#C/C(F)=C/CCC1CCC(CCCCc2ccc(C#N)cc2)CC1. The van der Waals surface area contributed by atoms with Crippen LogP contribution in [0.5, 0.6) is 0 Å². The van der Waals surface area contributed by atoms with E-state index in [0.29, 0.717) is 12.3 Å². The summed E-state index contributed by atoms with van der Waals surface area (Å²) in [6, 6.07) is 11.6. The molecule has 3 heteroatoms. The minimum atomic E-state index is -0.643. The van der Waals surface area contributed by atoms with E-state index >= 15 is 0 Å². The maximum Gasteiger partial charge on any atom is 0.196 e. The van der Waals surface area contributed by atoms with Crippen molar-refractivity contribution < 1.29 is 4.39 Å². The number of allylic oxidation sites excluding steroid dienone is 2. The highest BCUT2D eigenvalue weighted by Crippen LogP contribution is 2.34. The number of halogens is 1. The third-order valence-electron chi connectivity index (χ3n) is 5.38. The third-order valence-corrected chi connectivity index (χ3v) is 5.38. The molecule has 132 valence electrons. The van der Waals surface area contributed by atoms with E-state index in [1.807, 2.05) is 12.1 Å². The Morgan fingerprint density at radius 1 is 1.00 bits per heavy atom. The Bertz CT molecular complexity index is 625. The molecule has 0 aliphatic heterocycles. The minimum Gasteiger partial charge on any atom is -0.195 e. The molecular formula is C22H27FN2. The van der Waals surface area contributed by atoms with Crippen LogP contribution in [0.3, 0.4) is 0 Å². The van der Waals surface area contributed by atoms with Crippen molar-refractivity contribution in [1.29, 1.82) is 10.5 Å². The van der Waals surface area contributed by atoms with Gasteiger partial charge < -0.3 is 0 Å². The number of aryl methyl sites for hydroxylation is 1. The fraction of sp³-hybridized carbons (Fsp3) is 0.545. The second-order valence-corrected chi connectivity index (χ2v) is 7.18. The number of rotatable bonds is 8. The summed E-state index contributed by atoms with van der Waals surface area (Å²) in [5.74, 6) is 0.914. The zero-order chi connectivity index (χ0) is 17.9. The van der Waals surface area contributed by atoms with Gasteiger partial charge in [0, 0.05) is 0 Å². The van der Waals surface area contributed by atoms with Crippen molar-refractivity contribution in [3.8, 4) is 12.1 Å². The first-order valence-electron chi connectivity index (χ1n) is 9.46. The second kappa shape index (κ2) is 10.7. The third kappa shape index (κ3) is 7.10. The average molecular weight is 338 g/mol. The molecule has 0 atom stereocenters. The van der Waals surface area contributed by atoms with Gasteiger partial charge in [-0.25, -0.2) is 0 Å². The number of unbranched alkanes of at least 4 members (excludes halogenated alkanes) is 1.